The van der Waals surface area contributed by atoms with Crippen molar-refractivity contribution in [3.05, 3.63) is 46.3 Å². The van der Waals surface area contributed by atoms with E-state index in [-0.39, 0.29) is 18.1 Å². The Morgan fingerprint density at radius 3 is 2.72 bits per heavy atom. The van der Waals surface area contributed by atoms with E-state index in [2.05, 4.69) is 31.5 Å². The Morgan fingerprint density at radius 2 is 2.04 bits per heavy atom. The van der Waals surface area contributed by atoms with Crippen molar-refractivity contribution < 1.29 is 19.1 Å². The number of esters is 1. The molecule has 1 aromatic heterocycles. The molecule has 0 spiro atoms. The van der Waals surface area contributed by atoms with Crippen LogP contribution in [0, 0.1) is 0 Å². The van der Waals surface area contributed by atoms with Crippen LogP contribution in [-0.2, 0) is 20.9 Å². The van der Waals surface area contributed by atoms with Crippen LogP contribution in [-0.4, -0.2) is 40.0 Å². The monoisotopic (exact) mass is 406 g/mol. The van der Waals surface area contributed by atoms with Gasteiger partial charge in [-0.2, -0.15) is 0 Å². The number of nitrogens with one attached hydrogen (secondary N) is 2. The van der Waals surface area contributed by atoms with Gasteiger partial charge >= 0.3 is 5.97 Å². The molecule has 130 valence electrons. The first-order valence-electron chi connectivity index (χ1n) is 7.59. The fraction of sp³-hybridized carbons (Fsp3) is 0.250. The van der Waals surface area contributed by atoms with E-state index in [1.54, 1.807) is 11.5 Å². The summed E-state index contributed by atoms with van der Waals surface area (Å²) < 4.78 is 6.87. The molecule has 25 heavy (non-hydrogen) atoms. The molecule has 0 saturated carbocycles. The fourth-order valence-electron chi connectivity index (χ4n) is 2.47. The highest BCUT2D eigenvalue weighted by molar-refractivity contribution is 9.10. The Hall–Kier alpha value is -2.68. The number of nitrogens with zero attached hydrogens (tertiary/aromatic N) is 2. The Labute approximate surface area is 151 Å². The molecule has 3 rings (SSSR count). The number of imidazole rings is 1. The smallest absolute Gasteiger partial charge is 0.338 e. The molecule has 9 heteroatoms. The number of carbonyl (C=O) groups excluding carboxylic acids is 3. The van der Waals surface area contributed by atoms with Gasteiger partial charge in [-0.25, -0.2) is 9.78 Å². The van der Waals surface area contributed by atoms with Crippen molar-refractivity contribution in [3.8, 4) is 0 Å². The van der Waals surface area contributed by atoms with Gasteiger partial charge in [-0.15, -0.1) is 0 Å². The summed E-state index contributed by atoms with van der Waals surface area (Å²) in [5.41, 5.74) is 0.993. The Balaban J connectivity index is 1.95. The molecular weight excluding hydrogens is 392 g/mol. The first-order valence-corrected chi connectivity index (χ1v) is 8.39. The zero-order chi connectivity index (χ0) is 18.0. The van der Waals surface area contributed by atoms with E-state index in [4.69, 9.17) is 4.74 Å². The lowest BCUT2D eigenvalue weighted by molar-refractivity contribution is -0.147. The van der Waals surface area contributed by atoms with E-state index in [1.807, 2.05) is 30.3 Å². The molecule has 1 atom stereocenters. The zero-order valence-corrected chi connectivity index (χ0v) is 14.9. The summed E-state index contributed by atoms with van der Waals surface area (Å²) >= 11 is 3.31. The highest BCUT2D eigenvalue weighted by atomic mass is 79.9. The summed E-state index contributed by atoms with van der Waals surface area (Å²) in [6.45, 7) is 2.12. The number of benzene rings is 1. The highest BCUT2D eigenvalue weighted by Gasteiger charge is 2.37. The second-order valence-electron chi connectivity index (χ2n) is 5.30. The van der Waals surface area contributed by atoms with Gasteiger partial charge in [-0.05, 0) is 28.4 Å². The van der Waals surface area contributed by atoms with Crippen molar-refractivity contribution in [2.45, 2.75) is 19.5 Å². The Bertz CT molecular complexity index is 834. The van der Waals surface area contributed by atoms with E-state index < -0.39 is 23.8 Å². The number of anilines is 1. The molecule has 0 aliphatic carbocycles. The molecule has 1 aliphatic heterocycles. The third kappa shape index (κ3) is 3.41. The van der Waals surface area contributed by atoms with Crippen molar-refractivity contribution in [2.75, 3.05) is 11.9 Å². The lowest BCUT2D eigenvalue weighted by Gasteiger charge is -2.14. The summed E-state index contributed by atoms with van der Waals surface area (Å²) in [5, 5.41) is 4.95. The number of hydrogen-bond acceptors (Lipinski definition) is 5. The normalized spacial score (nSPS) is 16.5. The van der Waals surface area contributed by atoms with Crippen molar-refractivity contribution in [2.24, 2.45) is 0 Å². The minimum absolute atomic E-state index is 0.0305. The largest absolute Gasteiger partial charge is 0.464 e. The molecule has 2 N–H and O–H groups in total. The molecule has 1 unspecified atom stereocenters. The van der Waals surface area contributed by atoms with Crippen LogP contribution in [0.15, 0.2) is 35.1 Å². The minimum Gasteiger partial charge on any atom is -0.464 e. The van der Waals surface area contributed by atoms with Gasteiger partial charge in [0.2, 0.25) is 6.04 Å². The molecule has 0 radical (unpaired) electrons. The summed E-state index contributed by atoms with van der Waals surface area (Å²) in [7, 11) is 0. The molecule has 0 saturated heterocycles. The standard InChI is InChI=1S/C16H15BrN4O4/c1-2-25-15(24)11-14(23)20-12-10(13(22)18-11)19-16(17)21(12)8-9-6-4-3-5-7-9/h3-7,11H,2,8H2,1H3,(H,18,22)(H,20,23). The second kappa shape index (κ2) is 7.06. The zero-order valence-electron chi connectivity index (χ0n) is 13.3. The van der Waals surface area contributed by atoms with E-state index in [9.17, 15) is 14.4 Å². The topological polar surface area (TPSA) is 102 Å². The summed E-state index contributed by atoms with van der Waals surface area (Å²) in [4.78, 5) is 40.8. The maximum absolute atomic E-state index is 12.4. The highest BCUT2D eigenvalue weighted by Crippen LogP contribution is 2.25. The lowest BCUT2D eigenvalue weighted by Crippen LogP contribution is -2.48. The first kappa shape index (κ1) is 17.2. The number of halogens is 1. The van der Waals surface area contributed by atoms with Gasteiger partial charge in [0, 0.05) is 0 Å². The van der Waals surface area contributed by atoms with Crippen LogP contribution in [0.25, 0.3) is 0 Å². The third-order valence-corrected chi connectivity index (χ3v) is 4.23. The molecular formula is C16H15BrN4O4. The molecule has 2 aromatic rings. The number of rotatable bonds is 4. The second-order valence-corrected chi connectivity index (χ2v) is 6.01. The minimum atomic E-state index is -1.41. The lowest BCUT2D eigenvalue weighted by atomic mass is 10.2. The number of amides is 2. The quantitative estimate of drug-likeness (QED) is 0.588. The average molecular weight is 407 g/mol. The van der Waals surface area contributed by atoms with E-state index in [1.165, 1.54) is 0 Å². The maximum Gasteiger partial charge on any atom is 0.338 e. The van der Waals surface area contributed by atoms with Crippen LogP contribution in [0.1, 0.15) is 23.0 Å². The van der Waals surface area contributed by atoms with Gasteiger partial charge in [0.25, 0.3) is 11.8 Å². The number of aromatic nitrogens is 2. The maximum atomic E-state index is 12.4. The van der Waals surface area contributed by atoms with Gasteiger partial charge in [-0.1, -0.05) is 30.3 Å². The third-order valence-electron chi connectivity index (χ3n) is 3.62. The van der Waals surface area contributed by atoms with Crippen molar-refractivity contribution in [1.82, 2.24) is 14.9 Å². The average Bonchev–Trinajstić information content (AvgIpc) is 2.83. The number of ether oxygens (including phenoxy) is 1. The van der Waals surface area contributed by atoms with Crippen LogP contribution < -0.4 is 10.6 Å². The van der Waals surface area contributed by atoms with Gasteiger partial charge in [0.05, 0.1) is 13.2 Å². The predicted octanol–water partition coefficient (Wildman–Crippen LogP) is 1.31. The van der Waals surface area contributed by atoms with Gasteiger partial charge in [-0.3, -0.25) is 9.59 Å². The molecule has 0 bridgehead atoms. The van der Waals surface area contributed by atoms with Crippen LogP contribution in [0.3, 0.4) is 0 Å². The van der Waals surface area contributed by atoms with Crippen LogP contribution in [0.5, 0.6) is 0 Å². The van der Waals surface area contributed by atoms with E-state index in [0.29, 0.717) is 11.3 Å². The molecule has 8 nitrogen and oxygen atoms in total. The van der Waals surface area contributed by atoms with Crippen LogP contribution >= 0.6 is 15.9 Å². The molecule has 2 heterocycles. The number of fused-ring (bicyclic) bond motifs is 1. The number of hydrogen-bond donors (Lipinski definition) is 2. The van der Waals surface area contributed by atoms with Crippen molar-refractivity contribution in [1.29, 1.82) is 0 Å². The Kier molecular flexibility index (Phi) is 4.84. The fourth-order valence-corrected chi connectivity index (χ4v) is 2.95. The van der Waals surface area contributed by atoms with Gasteiger partial charge < -0.3 is 19.9 Å². The SMILES string of the molecule is CCOC(=O)C1NC(=O)c2nc(Br)n(Cc3ccccc3)c2NC1=O. The first-order chi connectivity index (χ1) is 12.0. The van der Waals surface area contributed by atoms with Crippen LogP contribution in [0.4, 0.5) is 5.82 Å². The summed E-state index contributed by atoms with van der Waals surface area (Å²) in [6, 6.07) is 8.09. The molecule has 1 aliphatic rings. The number of carbonyl (C=O) groups is 3. The summed E-state index contributed by atoms with van der Waals surface area (Å²) in [5.74, 6) is -1.89. The molecule has 2 amide bonds. The van der Waals surface area contributed by atoms with Crippen LogP contribution in [0.2, 0.25) is 0 Å². The summed E-state index contributed by atoms with van der Waals surface area (Å²) in [6.07, 6.45) is 0. The van der Waals surface area contributed by atoms with Crippen molar-refractivity contribution >= 4 is 39.5 Å². The predicted molar refractivity (Wildman–Crippen MR) is 92.0 cm³/mol. The van der Waals surface area contributed by atoms with Crippen molar-refractivity contribution in [3.63, 3.8) is 0 Å². The van der Waals surface area contributed by atoms with Gasteiger partial charge in [0.15, 0.2) is 10.4 Å². The van der Waals surface area contributed by atoms with Gasteiger partial charge in [0.1, 0.15) is 5.82 Å². The van der Waals surface area contributed by atoms with E-state index >= 15 is 0 Å². The Morgan fingerprint density at radius 1 is 1.32 bits per heavy atom. The molecule has 1 aromatic carbocycles. The van der Waals surface area contributed by atoms with E-state index in [0.717, 1.165) is 5.56 Å². The molecule has 0 fully saturated rings.